The van der Waals surface area contributed by atoms with Gasteiger partial charge in [0.15, 0.2) is 0 Å². The Morgan fingerprint density at radius 3 is 2.29 bits per heavy atom. The molecule has 7 nitrogen and oxygen atoms in total. The lowest BCUT2D eigenvalue weighted by atomic mass is 9.82. The number of aliphatic carboxylic acids is 1. The van der Waals surface area contributed by atoms with Crippen molar-refractivity contribution in [1.29, 1.82) is 0 Å². The molecule has 1 aliphatic carbocycles. The van der Waals surface area contributed by atoms with Crippen molar-refractivity contribution in [2.24, 2.45) is 0 Å². The van der Waals surface area contributed by atoms with E-state index in [4.69, 9.17) is 14.6 Å². The Bertz CT molecular complexity index is 805. The van der Waals surface area contributed by atoms with E-state index in [-0.39, 0.29) is 24.1 Å². The third-order valence-electron chi connectivity index (χ3n) is 5.49. The van der Waals surface area contributed by atoms with Crippen LogP contribution in [0, 0.1) is 11.6 Å². The predicted octanol–water partition coefficient (Wildman–Crippen LogP) is 2.77. The Labute approximate surface area is 182 Å². The van der Waals surface area contributed by atoms with Crippen LogP contribution < -0.4 is 10.0 Å². The van der Waals surface area contributed by atoms with Gasteiger partial charge in [0.2, 0.25) is 10.0 Å². The van der Waals surface area contributed by atoms with E-state index in [0.717, 1.165) is 63.6 Å². The Hall–Kier alpha value is -1.62. The maximum absolute atomic E-state index is 13.4. The Morgan fingerprint density at radius 2 is 1.74 bits per heavy atom. The maximum Gasteiger partial charge on any atom is 0.300 e. The lowest BCUT2D eigenvalue weighted by Crippen LogP contribution is -2.55. The number of sulfonamides is 1. The fourth-order valence-corrected chi connectivity index (χ4v) is 4.99. The van der Waals surface area contributed by atoms with Gasteiger partial charge in [-0.3, -0.25) is 4.79 Å². The van der Waals surface area contributed by atoms with Crippen LogP contribution in [0.1, 0.15) is 56.9 Å². The first-order chi connectivity index (χ1) is 14.5. The number of hydrogen-bond acceptors (Lipinski definition) is 5. The Kier molecular flexibility index (Phi) is 9.80. The number of ether oxygens (including phenoxy) is 1. The Morgan fingerprint density at radius 1 is 1.16 bits per heavy atom. The summed E-state index contributed by atoms with van der Waals surface area (Å²) in [5, 5.41) is 10.8. The highest BCUT2D eigenvalue weighted by Gasteiger charge is 2.29. The summed E-state index contributed by atoms with van der Waals surface area (Å²) < 4.78 is 58.7. The highest BCUT2D eigenvalue weighted by molar-refractivity contribution is 7.88. The van der Waals surface area contributed by atoms with E-state index in [2.05, 4.69) is 10.0 Å². The molecule has 0 bridgehead atoms. The van der Waals surface area contributed by atoms with Gasteiger partial charge in [-0.25, -0.2) is 21.9 Å². The van der Waals surface area contributed by atoms with Crippen LogP contribution in [-0.2, 0) is 19.6 Å². The monoisotopic (exact) mass is 462 g/mol. The predicted molar refractivity (Wildman–Crippen MR) is 113 cm³/mol. The number of rotatable bonds is 6. The number of nitrogens with one attached hydrogen (secondary N) is 2. The number of carboxylic acid groups (broad SMARTS) is 1. The van der Waals surface area contributed by atoms with Crippen LogP contribution in [0.2, 0.25) is 0 Å². The van der Waals surface area contributed by atoms with Gasteiger partial charge in [-0.15, -0.1) is 0 Å². The molecule has 1 heterocycles. The minimum Gasteiger partial charge on any atom is -0.481 e. The second-order valence-electron chi connectivity index (χ2n) is 8.23. The highest BCUT2D eigenvalue weighted by Crippen LogP contribution is 2.34. The molecule has 2 atom stereocenters. The second kappa shape index (κ2) is 11.8. The number of carbonyl (C=O) groups is 1. The molecular weight excluding hydrogens is 430 g/mol. The molecule has 2 aliphatic rings. The van der Waals surface area contributed by atoms with Crippen molar-refractivity contribution in [3.05, 3.63) is 35.4 Å². The van der Waals surface area contributed by atoms with Gasteiger partial charge in [0.1, 0.15) is 11.6 Å². The van der Waals surface area contributed by atoms with E-state index in [1.54, 1.807) is 0 Å². The van der Waals surface area contributed by atoms with Gasteiger partial charge in [-0.1, -0.05) is 0 Å². The second-order valence-corrected chi connectivity index (χ2v) is 10.0. The average molecular weight is 463 g/mol. The lowest BCUT2D eigenvalue weighted by Gasteiger charge is -2.35. The first kappa shape index (κ1) is 25.6. The minimum atomic E-state index is -3.25. The molecule has 0 radical (unpaired) electrons. The van der Waals surface area contributed by atoms with Gasteiger partial charge in [-0.05, 0) is 68.7 Å². The molecule has 10 heteroatoms. The number of carboxylic acids is 1. The molecule has 1 aliphatic heterocycles. The molecule has 0 spiro atoms. The molecule has 1 saturated heterocycles. The lowest BCUT2D eigenvalue weighted by molar-refractivity contribution is -0.134. The summed E-state index contributed by atoms with van der Waals surface area (Å²) in [7, 11) is -3.25. The van der Waals surface area contributed by atoms with Crippen molar-refractivity contribution in [2.75, 3.05) is 19.4 Å². The third-order valence-corrected chi connectivity index (χ3v) is 6.22. The maximum atomic E-state index is 13.4. The van der Waals surface area contributed by atoms with Crippen molar-refractivity contribution in [1.82, 2.24) is 10.0 Å². The molecule has 2 fully saturated rings. The van der Waals surface area contributed by atoms with E-state index < -0.39 is 27.6 Å². The molecule has 0 aromatic heterocycles. The summed E-state index contributed by atoms with van der Waals surface area (Å²) in [5.74, 6) is -1.74. The van der Waals surface area contributed by atoms with Crippen LogP contribution in [0.5, 0.6) is 0 Å². The SMILES string of the molecule is CC(=O)O.CS(=O)(=O)N[C@H]1CCCN[C@H]1COC1CCC(c2cc(F)cc(F)c2)CC1. The molecule has 3 N–H and O–H groups in total. The van der Waals surface area contributed by atoms with Crippen molar-refractivity contribution in [3.8, 4) is 0 Å². The van der Waals surface area contributed by atoms with E-state index in [1.165, 1.54) is 18.4 Å². The van der Waals surface area contributed by atoms with E-state index in [0.29, 0.717) is 6.61 Å². The summed E-state index contributed by atoms with van der Waals surface area (Å²) in [6.45, 7) is 2.39. The van der Waals surface area contributed by atoms with Gasteiger partial charge in [-0.2, -0.15) is 0 Å². The van der Waals surface area contributed by atoms with Crippen molar-refractivity contribution in [2.45, 2.75) is 69.6 Å². The summed E-state index contributed by atoms with van der Waals surface area (Å²) in [5.41, 5.74) is 0.720. The molecule has 0 amide bonds. The third kappa shape index (κ3) is 9.59. The molecule has 3 rings (SSSR count). The van der Waals surface area contributed by atoms with Gasteiger partial charge in [0.25, 0.3) is 5.97 Å². The molecular formula is C21H32F2N2O5S. The molecule has 0 unspecified atom stereocenters. The van der Waals surface area contributed by atoms with Crippen molar-refractivity contribution < 1.29 is 31.8 Å². The number of hydrogen-bond donors (Lipinski definition) is 3. The summed E-state index contributed by atoms with van der Waals surface area (Å²) in [4.78, 5) is 9.00. The molecule has 31 heavy (non-hydrogen) atoms. The Balaban J connectivity index is 0.000000785. The van der Waals surface area contributed by atoms with Crippen LogP contribution in [0.3, 0.4) is 0 Å². The van der Waals surface area contributed by atoms with Crippen LogP contribution in [-0.4, -0.2) is 57.1 Å². The van der Waals surface area contributed by atoms with Gasteiger partial charge >= 0.3 is 0 Å². The fraction of sp³-hybridized carbons (Fsp3) is 0.667. The van der Waals surface area contributed by atoms with E-state index in [1.807, 2.05) is 0 Å². The summed E-state index contributed by atoms with van der Waals surface area (Å²) >= 11 is 0. The average Bonchev–Trinajstić information content (AvgIpc) is 2.65. The number of piperidine rings is 1. The molecule has 1 aromatic rings. The van der Waals surface area contributed by atoms with E-state index in [9.17, 15) is 17.2 Å². The van der Waals surface area contributed by atoms with Crippen molar-refractivity contribution >= 4 is 16.0 Å². The van der Waals surface area contributed by atoms with Crippen LogP contribution in [0.15, 0.2) is 18.2 Å². The zero-order chi connectivity index (χ0) is 23.0. The standard InChI is InChI=1S/C19H28F2N2O3S.C2H4O2/c1-27(24,25)23-18-3-2-8-22-19(18)12-26-17-6-4-13(5-7-17)14-9-15(20)11-16(21)10-14;1-2(3)4/h9-11,13,17-19,22-23H,2-8,12H2,1H3;1H3,(H,3,4)/t13?,17?,18-,19-;/m0./s1. The molecule has 1 saturated carbocycles. The van der Waals surface area contributed by atoms with Crippen LogP contribution in [0.25, 0.3) is 0 Å². The normalized spacial score (nSPS) is 26.6. The molecule has 1 aromatic carbocycles. The van der Waals surface area contributed by atoms with Gasteiger partial charge in [0, 0.05) is 25.1 Å². The fourth-order valence-electron chi connectivity index (χ4n) is 4.16. The minimum absolute atomic E-state index is 0.0384. The van der Waals surface area contributed by atoms with Crippen LogP contribution in [0.4, 0.5) is 8.78 Å². The first-order valence-corrected chi connectivity index (χ1v) is 12.4. The van der Waals surface area contributed by atoms with Crippen LogP contribution >= 0.6 is 0 Å². The highest BCUT2D eigenvalue weighted by atomic mass is 32.2. The zero-order valence-corrected chi connectivity index (χ0v) is 18.8. The van der Waals surface area contributed by atoms with E-state index >= 15 is 0 Å². The number of halogens is 2. The topological polar surface area (TPSA) is 105 Å². The summed E-state index contributed by atoms with van der Waals surface area (Å²) in [6, 6.07) is 3.55. The summed E-state index contributed by atoms with van der Waals surface area (Å²) in [6.07, 6.45) is 6.33. The number of benzene rings is 1. The zero-order valence-electron chi connectivity index (χ0n) is 17.9. The van der Waals surface area contributed by atoms with Crippen molar-refractivity contribution in [3.63, 3.8) is 0 Å². The van der Waals surface area contributed by atoms with Gasteiger partial charge < -0.3 is 15.2 Å². The smallest absolute Gasteiger partial charge is 0.300 e. The largest absolute Gasteiger partial charge is 0.481 e. The quantitative estimate of drug-likeness (QED) is 0.601. The molecule has 176 valence electrons. The first-order valence-electron chi connectivity index (χ1n) is 10.5. The van der Waals surface area contributed by atoms with Gasteiger partial charge in [0.05, 0.1) is 19.0 Å².